The molecule has 2 aliphatic rings. The van der Waals surface area contributed by atoms with Crippen molar-refractivity contribution in [3.8, 4) is 17.2 Å². The van der Waals surface area contributed by atoms with E-state index in [4.69, 9.17) is 14.2 Å². The zero-order valence-electron chi connectivity index (χ0n) is 22.7. The molecule has 0 fully saturated rings. The van der Waals surface area contributed by atoms with E-state index in [1.165, 1.54) is 18.2 Å². The van der Waals surface area contributed by atoms with Crippen LogP contribution in [-0.4, -0.2) is 78.6 Å². The van der Waals surface area contributed by atoms with E-state index in [0.717, 1.165) is 5.56 Å². The number of nitrogens with zero attached hydrogens (tertiary/aromatic N) is 2. The molecule has 3 atom stereocenters. The second kappa shape index (κ2) is 12.3. The molecule has 12 heteroatoms. The first-order valence-electron chi connectivity index (χ1n) is 13.1. The van der Waals surface area contributed by atoms with Gasteiger partial charge in [0.25, 0.3) is 5.91 Å². The van der Waals surface area contributed by atoms with Gasteiger partial charge in [-0.05, 0) is 49.9 Å². The number of ether oxygens (including phenoxy) is 3. The van der Waals surface area contributed by atoms with Crippen LogP contribution in [0.3, 0.4) is 0 Å². The zero-order chi connectivity index (χ0) is 29.0. The molecule has 0 aromatic heterocycles. The Hall–Kier alpha value is -3.51. The molecule has 0 saturated heterocycles. The zero-order valence-corrected chi connectivity index (χ0v) is 22.7. The van der Waals surface area contributed by atoms with Crippen molar-refractivity contribution in [2.75, 3.05) is 38.9 Å². The first-order chi connectivity index (χ1) is 18.9. The molecule has 218 valence electrons. The van der Waals surface area contributed by atoms with Gasteiger partial charge >= 0.3 is 6.18 Å². The Balaban J connectivity index is 1.53. The molecular formula is C28H34F3N3O6. The van der Waals surface area contributed by atoms with Crippen molar-refractivity contribution < 1.29 is 42.1 Å². The molecule has 2 aromatic carbocycles. The van der Waals surface area contributed by atoms with Crippen molar-refractivity contribution in [3.63, 3.8) is 0 Å². The molecule has 0 bridgehead atoms. The minimum atomic E-state index is -4.45. The third kappa shape index (κ3) is 7.36. The lowest BCUT2D eigenvalue weighted by Gasteiger charge is -2.38. The molecule has 4 rings (SSSR count). The van der Waals surface area contributed by atoms with Gasteiger partial charge in [0, 0.05) is 37.7 Å². The van der Waals surface area contributed by atoms with Crippen molar-refractivity contribution in [3.05, 3.63) is 47.5 Å². The summed E-state index contributed by atoms with van der Waals surface area (Å²) in [6.45, 7) is 5.08. The number of fused-ring (bicyclic) bond motifs is 2. The number of carbonyl (C=O) groups excluding carboxylic acids is 2. The number of likely N-dealkylation sites (N-methyl/N-ethyl adjacent to an activating group) is 1. The Bertz CT molecular complexity index is 1220. The summed E-state index contributed by atoms with van der Waals surface area (Å²) in [6, 6.07) is 9.73. The van der Waals surface area contributed by atoms with Gasteiger partial charge in [0.1, 0.15) is 11.9 Å². The molecule has 0 unspecified atom stereocenters. The molecular weight excluding hydrogens is 531 g/mol. The highest BCUT2D eigenvalue weighted by molar-refractivity contribution is 5.99. The smallest absolute Gasteiger partial charge is 0.389 e. The molecule has 0 radical (unpaired) electrons. The summed E-state index contributed by atoms with van der Waals surface area (Å²) in [5.41, 5.74) is 1.37. The quantitative estimate of drug-likeness (QED) is 0.473. The molecule has 2 amide bonds. The third-order valence-corrected chi connectivity index (χ3v) is 6.97. The van der Waals surface area contributed by atoms with Gasteiger partial charge in [-0.3, -0.25) is 14.5 Å². The summed E-state index contributed by atoms with van der Waals surface area (Å²) in [4.78, 5) is 29.3. The molecule has 2 N–H and O–H groups in total. The molecule has 0 aliphatic carbocycles. The Morgan fingerprint density at radius 2 is 1.90 bits per heavy atom. The summed E-state index contributed by atoms with van der Waals surface area (Å²) < 4.78 is 54.8. The summed E-state index contributed by atoms with van der Waals surface area (Å²) in [5.74, 6) is 0.381. The number of amides is 2. The van der Waals surface area contributed by atoms with Crippen molar-refractivity contribution in [2.45, 2.75) is 51.6 Å². The third-order valence-electron chi connectivity index (χ3n) is 6.97. The van der Waals surface area contributed by atoms with Crippen LogP contribution in [0.15, 0.2) is 36.4 Å². The maximum absolute atomic E-state index is 13.5. The van der Waals surface area contributed by atoms with Crippen LogP contribution < -0.4 is 19.5 Å². The molecule has 0 spiro atoms. The van der Waals surface area contributed by atoms with Crippen molar-refractivity contribution in [1.82, 2.24) is 9.80 Å². The number of hydrogen-bond acceptors (Lipinski definition) is 7. The van der Waals surface area contributed by atoms with E-state index in [0.29, 0.717) is 36.9 Å². The summed E-state index contributed by atoms with van der Waals surface area (Å²) in [5, 5.41) is 12.3. The van der Waals surface area contributed by atoms with Crippen LogP contribution in [0.25, 0.3) is 0 Å². The van der Waals surface area contributed by atoms with Gasteiger partial charge in [-0.25, -0.2) is 0 Å². The number of anilines is 1. The molecule has 9 nitrogen and oxygen atoms in total. The molecule has 2 aliphatic heterocycles. The molecule has 0 saturated carbocycles. The Morgan fingerprint density at radius 1 is 1.18 bits per heavy atom. The van der Waals surface area contributed by atoms with Crippen LogP contribution in [-0.2, 0) is 11.3 Å². The topological polar surface area (TPSA) is 101 Å². The van der Waals surface area contributed by atoms with Gasteiger partial charge < -0.3 is 29.5 Å². The number of aliphatic hydroxyl groups excluding tert-OH is 1. The summed E-state index contributed by atoms with van der Waals surface area (Å²) in [6.07, 6.45) is -6.76. The predicted octanol–water partition coefficient (Wildman–Crippen LogP) is 4.05. The SMILES string of the molecule is C[C@H]1CN([C@@H](C)CO)C(=O)c2cc(NC(=O)CCC(F)(F)F)ccc2O[C@@H]1CN(C)Cc1ccc2c(c1)OCO2. The number of halogens is 3. The van der Waals surface area contributed by atoms with Crippen LogP contribution >= 0.6 is 0 Å². The average Bonchev–Trinajstić information content (AvgIpc) is 3.37. The first kappa shape index (κ1) is 29.5. The Kier molecular flexibility index (Phi) is 9.09. The summed E-state index contributed by atoms with van der Waals surface area (Å²) >= 11 is 0. The number of alkyl halides is 3. The van der Waals surface area contributed by atoms with Crippen LogP contribution in [0, 0.1) is 5.92 Å². The Labute approximate surface area is 230 Å². The van der Waals surface area contributed by atoms with E-state index < -0.39 is 36.9 Å². The fourth-order valence-corrected chi connectivity index (χ4v) is 4.72. The maximum atomic E-state index is 13.5. The van der Waals surface area contributed by atoms with Crippen LogP contribution in [0.1, 0.15) is 42.6 Å². The standard InChI is InChI=1S/C28H34F3N3O6/c1-17-12-34(18(2)15-35)27(37)21-11-20(32-26(36)8-9-28(29,30)31)5-7-22(21)40-25(17)14-33(3)13-19-4-6-23-24(10-19)39-16-38-23/h4-7,10-11,17-18,25,35H,8-9,12-16H2,1-3H3,(H,32,36)/t17-,18-,25+/m0/s1. The number of aliphatic hydroxyl groups is 1. The first-order valence-corrected chi connectivity index (χ1v) is 13.1. The summed E-state index contributed by atoms with van der Waals surface area (Å²) in [7, 11) is 1.96. The molecule has 40 heavy (non-hydrogen) atoms. The number of carbonyl (C=O) groups is 2. The number of hydrogen-bond donors (Lipinski definition) is 2. The van der Waals surface area contributed by atoms with Gasteiger partial charge in [0.2, 0.25) is 12.7 Å². The number of benzene rings is 2. The molecule has 2 heterocycles. The highest BCUT2D eigenvalue weighted by Crippen LogP contribution is 2.34. The lowest BCUT2D eigenvalue weighted by molar-refractivity contribution is -0.142. The largest absolute Gasteiger partial charge is 0.488 e. The van der Waals surface area contributed by atoms with E-state index in [9.17, 15) is 27.9 Å². The maximum Gasteiger partial charge on any atom is 0.389 e. The minimum Gasteiger partial charge on any atom is -0.488 e. The van der Waals surface area contributed by atoms with Crippen LogP contribution in [0.4, 0.5) is 18.9 Å². The highest BCUT2D eigenvalue weighted by Gasteiger charge is 2.34. The van der Waals surface area contributed by atoms with Gasteiger partial charge in [0.05, 0.1) is 24.6 Å². The van der Waals surface area contributed by atoms with Crippen molar-refractivity contribution >= 4 is 17.5 Å². The van der Waals surface area contributed by atoms with Crippen LogP contribution in [0.2, 0.25) is 0 Å². The van der Waals surface area contributed by atoms with Crippen molar-refractivity contribution in [2.24, 2.45) is 5.92 Å². The number of rotatable bonds is 9. The van der Waals surface area contributed by atoms with Gasteiger partial charge in [-0.15, -0.1) is 0 Å². The van der Waals surface area contributed by atoms with E-state index in [1.807, 2.05) is 32.2 Å². The fourth-order valence-electron chi connectivity index (χ4n) is 4.72. The van der Waals surface area contributed by atoms with Gasteiger partial charge in [-0.2, -0.15) is 13.2 Å². The fraction of sp³-hybridized carbons (Fsp3) is 0.500. The average molecular weight is 566 g/mol. The van der Waals surface area contributed by atoms with E-state index in [2.05, 4.69) is 10.2 Å². The Morgan fingerprint density at radius 3 is 2.62 bits per heavy atom. The molecule has 2 aromatic rings. The number of nitrogens with one attached hydrogen (secondary N) is 1. The van der Waals surface area contributed by atoms with E-state index in [-0.39, 0.29) is 36.7 Å². The lowest BCUT2D eigenvalue weighted by Crippen LogP contribution is -2.49. The monoisotopic (exact) mass is 565 g/mol. The highest BCUT2D eigenvalue weighted by atomic mass is 19.4. The second-order valence-electron chi connectivity index (χ2n) is 10.4. The van der Waals surface area contributed by atoms with Gasteiger partial charge in [-0.1, -0.05) is 13.0 Å². The normalized spacial score (nSPS) is 19.5. The van der Waals surface area contributed by atoms with Crippen LogP contribution in [0.5, 0.6) is 17.2 Å². The van der Waals surface area contributed by atoms with Crippen molar-refractivity contribution in [1.29, 1.82) is 0 Å². The van der Waals surface area contributed by atoms with E-state index in [1.54, 1.807) is 11.8 Å². The minimum absolute atomic E-state index is 0.105. The van der Waals surface area contributed by atoms with Gasteiger partial charge in [0.15, 0.2) is 11.5 Å². The van der Waals surface area contributed by atoms with E-state index >= 15 is 0 Å². The predicted molar refractivity (Wildman–Crippen MR) is 140 cm³/mol. The lowest BCUT2D eigenvalue weighted by atomic mass is 9.99. The second-order valence-corrected chi connectivity index (χ2v) is 10.4.